The first-order valence-electron chi connectivity index (χ1n) is 13.5. The van der Waals surface area contributed by atoms with Gasteiger partial charge in [0.2, 0.25) is 0 Å². The summed E-state index contributed by atoms with van der Waals surface area (Å²) < 4.78 is 22.2. The fourth-order valence-corrected chi connectivity index (χ4v) is 4.97. The van der Waals surface area contributed by atoms with Crippen molar-refractivity contribution >= 4 is 17.4 Å². The van der Waals surface area contributed by atoms with Crippen LogP contribution in [0.2, 0.25) is 0 Å². The molecule has 4 rings (SSSR count). The Labute approximate surface area is 229 Å². The number of morpholine rings is 1. The number of carbonyl (C=O) groups excluding carboxylic acids is 2. The number of ketones is 1. The quantitative estimate of drug-likeness (QED) is 0.187. The van der Waals surface area contributed by atoms with E-state index >= 15 is 0 Å². The first-order chi connectivity index (χ1) is 19.0. The highest BCUT2D eigenvalue weighted by molar-refractivity contribution is 6.46. The molecule has 0 spiro atoms. The van der Waals surface area contributed by atoms with Gasteiger partial charge in [-0.3, -0.25) is 14.5 Å². The zero-order valence-electron chi connectivity index (χ0n) is 23.0. The third-order valence-corrected chi connectivity index (χ3v) is 7.15. The zero-order chi connectivity index (χ0) is 27.8. The lowest BCUT2D eigenvalue weighted by Gasteiger charge is -2.29. The summed E-state index contributed by atoms with van der Waals surface area (Å²) in [6.07, 6.45) is 2.65. The second-order valence-electron chi connectivity index (χ2n) is 9.63. The summed E-state index contributed by atoms with van der Waals surface area (Å²) in [5.41, 5.74) is 1.07. The number of benzene rings is 2. The van der Waals surface area contributed by atoms with Gasteiger partial charge in [-0.15, -0.1) is 0 Å². The number of aliphatic hydroxyl groups is 1. The second kappa shape index (κ2) is 13.5. The fourth-order valence-electron chi connectivity index (χ4n) is 4.97. The van der Waals surface area contributed by atoms with Gasteiger partial charge in [-0.25, -0.2) is 0 Å². The fraction of sp³-hybridized carbons (Fsp3) is 0.467. The average molecular weight is 539 g/mol. The molecular weight excluding hydrogens is 500 g/mol. The van der Waals surface area contributed by atoms with Crippen LogP contribution in [0, 0.1) is 0 Å². The molecule has 0 aliphatic carbocycles. The Kier molecular flexibility index (Phi) is 9.84. The molecule has 39 heavy (non-hydrogen) atoms. The summed E-state index contributed by atoms with van der Waals surface area (Å²) in [4.78, 5) is 30.6. The van der Waals surface area contributed by atoms with Crippen LogP contribution < -0.4 is 14.2 Å². The van der Waals surface area contributed by atoms with Gasteiger partial charge < -0.3 is 29.0 Å². The number of aliphatic hydroxyl groups excluding tert-OH is 1. The van der Waals surface area contributed by atoms with Crippen LogP contribution in [0.15, 0.2) is 48.0 Å². The number of ether oxygens (including phenoxy) is 4. The number of Topliss-reactive ketones (excluding diaryl/α,β-unsaturated/α-hetero) is 1. The molecule has 2 aromatic rings. The molecule has 0 bridgehead atoms. The Morgan fingerprint density at radius 1 is 0.974 bits per heavy atom. The molecule has 1 atom stereocenters. The van der Waals surface area contributed by atoms with Crippen LogP contribution in [0.25, 0.3) is 5.76 Å². The van der Waals surface area contributed by atoms with E-state index in [1.54, 1.807) is 54.5 Å². The Balaban J connectivity index is 1.68. The van der Waals surface area contributed by atoms with Crippen LogP contribution in [0.4, 0.5) is 0 Å². The topological polar surface area (TPSA) is 97.8 Å². The standard InChI is InChI=1S/C30H38N2O7/c1-4-5-17-39-22-9-7-21(8-10-22)28(33)26-27(24-12-11-23(36-2)20-25(24)37-3)32(30(35)29(26)34)14-6-13-31-15-18-38-19-16-31/h7-12,20,27,33H,4-6,13-19H2,1-3H3/b28-26+. The second-order valence-corrected chi connectivity index (χ2v) is 9.63. The molecule has 0 saturated carbocycles. The van der Waals surface area contributed by atoms with Gasteiger partial charge in [0.05, 0.1) is 45.7 Å². The number of likely N-dealkylation sites (tertiary alicyclic amines) is 1. The molecule has 2 saturated heterocycles. The van der Waals surface area contributed by atoms with Gasteiger partial charge in [-0.2, -0.15) is 0 Å². The third kappa shape index (κ3) is 6.54. The van der Waals surface area contributed by atoms with E-state index in [9.17, 15) is 14.7 Å². The van der Waals surface area contributed by atoms with Gasteiger partial charge in [-0.05, 0) is 49.2 Å². The smallest absolute Gasteiger partial charge is 0.295 e. The molecule has 0 aromatic heterocycles. The van der Waals surface area contributed by atoms with Crippen molar-refractivity contribution < 1.29 is 33.6 Å². The largest absolute Gasteiger partial charge is 0.507 e. The summed E-state index contributed by atoms with van der Waals surface area (Å²) in [5.74, 6) is 0.137. The molecule has 2 aliphatic rings. The summed E-state index contributed by atoms with van der Waals surface area (Å²) in [6, 6.07) is 11.4. The number of amides is 1. The maximum absolute atomic E-state index is 13.4. The highest BCUT2D eigenvalue weighted by Gasteiger charge is 2.47. The van der Waals surface area contributed by atoms with Crippen molar-refractivity contribution in [3.05, 3.63) is 59.2 Å². The maximum Gasteiger partial charge on any atom is 0.295 e. The summed E-state index contributed by atoms with van der Waals surface area (Å²) >= 11 is 0. The minimum absolute atomic E-state index is 0.0366. The third-order valence-electron chi connectivity index (χ3n) is 7.15. The van der Waals surface area contributed by atoms with E-state index in [1.807, 2.05) is 0 Å². The van der Waals surface area contributed by atoms with Crippen molar-refractivity contribution in [2.75, 3.05) is 60.2 Å². The molecule has 0 radical (unpaired) electrons. The minimum Gasteiger partial charge on any atom is -0.507 e. The first kappa shape index (κ1) is 28.4. The van der Waals surface area contributed by atoms with Crippen molar-refractivity contribution in [3.8, 4) is 17.2 Å². The molecule has 9 nitrogen and oxygen atoms in total. The molecule has 2 aliphatic heterocycles. The van der Waals surface area contributed by atoms with E-state index < -0.39 is 17.7 Å². The number of nitrogens with zero attached hydrogens (tertiary/aromatic N) is 2. The van der Waals surface area contributed by atoms with Gasteiger partial charge in [0, 0.05) is 43.4 Å². The Bertz CT molecular complexity index is 1170. The lowest BCUT2D eigenvalue weighted by molar-refractivity contribution is -0.140. The monoisotopic (exact) mass is 538 g/mol. The van der Waals surface area contributed by atoms with Crippen LogP contribution in [0.1, 0.15) is 43.4 Å². The van der Waals surface area contributed by atoms with Gasteiger partial charge >= 0.3 is 0 Å². The highest BCUT2D eigenvalue weighted by atomic mass is 16.5. The summed E-state index contributed by atoms with van der Waals surface area (Å²) in [7, 11) is 3.09. The SMILES string of the molecule is CCCCOc1ccc(/C(O)=C2\C(=O)C(=O)N(CCCN3CCOCC3)C2c2ccc(OC)cc2OC)cc1. The van der Waals surface area contributed by atoms with Gasteiger partial charge in [-0.1, -0.05) is 13.3 Å². The van der Waals surface area contributed by atoms with Gasteiger partial charge in [0.1, 0.15) is 23.0 Å². The minimum atomic E-state index is -0.809. The number of hydrogen-bond acceptors (Lipinski definition) is 8. The number of methoxy groups -OCH3 is 2. The maximum atomic E-state index is 13.4. The molecule has 2 heterocycles. The number of unbranched alkanes of at least 4 members (excludes halogenated alkanes) is 1. The molecule has 1 unspecified atom stereocenters. The van der Waals surface area contributed by atoms with Crippen molar-refractivity contribution in [1.82, 2.24) is 9.80 Å². The predicted octanol–water partition coefficient (Wildman–Crippen LogP) is 4.03. The predicted molar refractivity (Wildman–Crippen MR) is 147 cm³/mol. The van der Waals surface area contributed by atoms with Gasteiger partial charge in [0.15, 0.2) is 0 Å². The van der Waals surface area contributed by atoms with Crippen LogP contribution in [-0.4, -0.2) is 86.8 Å². The molecule has 1 N–H and O–H groups in total. The van der Waals surface area contributed by atoms with Gasteiger partial charge in [0.25, 0.3) is 11.7 Å². The van der Waals surface area contributed by atoms with E-state index in [0.29, 0.717) is 61.2 Å². The lowest BCUT2D eigenvalue weighted by atomic mass is 9.94. The van der Waals surface area contributed by atoms with Crippen LogP contribution in [0.5, 0.6) is 17.2 Å². The molecule has 9 heteroatoms. The van der Waals surface area contributed by atoms with Crippen LogP contribution in [-0.2, 0) is 14.3 Å². The first-order valence-corrected chi connectivity index (χ1v) is 13.5. The average Bonchev–Trinajstić information content (AvgIpc) is 3.22. The van der Waals surface area contributed by atoms with E-state index in [0.717, 1.165) is 32.5 Å². The summed E-state index contributed by atoms with van der Waals surface area (Å²) in [5, 5.41) is 11.4. The van der Waals surface area contributed by atoms with Crippen molar-refractivity contribution in [2.45, 2.75) is 32.2 Å². The van der Waals surface area contributed by atoms with Crippen LogP contribution >= 0.6 is 0 Å². The Morgan fingerprint density at radius 2 is 1.69 bits per heavy atom. The Morgan fingerprint density at radius 3 is 2.36 bits per heavy atom. The lowest BCUT2D eigenvalue weighted by Crippen LogP contribution is -2.39. The Hall–Kier alpha value is -3.56. The van der Waals surface area contributed by atoms with Crippen molar-refractivity contribution in [2.24, 2.45) is 0 Å². The van der Waals surface area contributed by atoms with Crippen LogP contribution in [0.3, 0.4) is 0 Å². The van der Waals surface area contributed by atoms with E-state index in [2.05, 4.69) is 11.8 Å². The van der Waals surface area contributed by atoms with E-state index in [-0.39, 0.29) is 11.3 Å². The van der Waals surface area contributed by atoms with E-state index in [4.69, 9.17) is 18.9 Å². The van der Waals surface area contributed by atoms with Crippen molar-refractivity contribution in [3.63, 3.8) is 0 Å². The number of hydrogen-bond donors (Lipinski definition) is 1. The van der Waals surface area contributed by atoms with Crippen molar-refractivity contribution in [1.29, 1.82) is 0 Å². The number of rotatable bonds is 12. The molecule has 210 valence electrons. The number of carbonyl (C=O) groups is 2. The molecular formula is C30H38N2O7. The zero-order valence-corrected chi connectivity index (χ0v) is 23.0. The molecule has 1 amide bonds. The molecule has 2 fully saturated rings. The summed E-state index contributed by atoms with van der Waals surface area (Å²) in [6.45, 7) is 6.89. The molecule has 2 aromatic carbocycles. The normalized spacial score (nSPS) is 19.4. The highest BCUT2D eigenvalue weighted by Crippen LogP contribution is 2.43. The van der Waals surface area contributed by atoms with E-state index in [1.165, 1.54) is 7.11 Å².